The molecule has 0 saturated carbocycles. The minimum Gasteiger partial charge on any atom is -0.342 e. The molecule has 3 nitrogen and oxygen atoms in total. The number of carbonyl (C=O) groups excluding carboxylic acids is 1. The summed E-state index contributed by atoms with van der Waals surface area (Å²) in [6.45, 7) is 3.65. The Morgan fingerprint density at radius 3 is 2.58 bits per heavy atom. The van der Waals surface area contributed by atoms with Gasteiger partial charge in [0.15, 0.2) is 0 Å². The van der Waals surface area contributed by atoms with Crippen molar-refractivity contribution in [3.63, 3.8) is 0 Å². The fraction of sp³-hybridized carbons (Fsp3) is 0.533. The summed E-state index contributed by atoms with van der Waals surface area (Å²) in [6, 6.07) is 6.48. The monoisotopic (exact) mass is 264 g/mol. The van der Waals surface area contributed by atoms with Crippen LogP contribution in [0.15, 0.2) is 24.3 Å². The molecule has 1 saturated heterocycles. The first kappa shape index (κ1) is 14.0. The van der Waals surface area contributed by atoms with Gasteiger partial charge in [0.25, 0.3) is 0 Å². The highest BCUT2D eigenvalue weighted by Crippen LogP contribution is 2.21. The van der Waals surface area contributed by atoms with Crippen molar-refractivity contribution in [3.05, 3.63) is 35.6 Å². The van der Waals surface area contributed by atoms with Crippen molar-refractivity contribution in [2.45, 2.75) is 31.7 Å². The zero-order valence-corrected chi connectivity index (χ0v) is 11.6. The summed E-state index contributed by atoms with van der Waals surface area (Å²) in [6.07, 6.45) is 2.03. The lowest BCUT2D eigenvalue weighted by Crippen LogP contribution is -2.51. The van der Waals surface area contributed by atoms with Gasteiger partial charge in [0.1, 0.15) is 5.82 Å². The van der Waals surface area contributed by atoms with E-state index in [1.165, 1.54) is 6.07 Å². The van der Waals surface area contributed by atoms with Crippen LogP contribution in [0.25, 0.3) is 0 Å². The third-order valence-electron chi connectivity index (χ3n) is 4.12. The maximum absolute atomic E-state index is 13.5. The predicted molar refractivity (Wildman–Crippen MR) is 73.4 cm³/mol. The second-order valence-corrected chi connectivity index (χ2v) is 5.46. The lowest BCUT2D eigenvalue weighted by atomic mass is 9.89. The lowest BCUT2D eigenvalue weighted by Gasteiger charge is -2.39. The summed E-state index contributed by atoms with van der Waals surface area (Å²) in [5, 5.41) is 3.30. The first-order valence-electron chi connectivity index (χ1n) is 6.74. The van der Waals surface area contributed by atoms with Crippen LogP contribution in [0.2, 0.25) is 0 Å². The molecule has 0 spiro atoms. The maximum Gasteiger partial charge on any atom is 0.227 e. The fourth-order valence-corrected chi connectivity index (χ4v) is 2.42. The van der Waals surface area contributed by atoms with Crippen LogP contribution in [0.3, 0.4) is 0 Å². The Balaban J connectivity index is 1.94. The molecule has 1 aliphatic rings. The van der Waals surface area contributed by atoms with Crippen molar-refractivity contribution in [1.29, 1.82) is 0 Å². The highest BCUT2D eigenvalue weighted by Gasteiger charge is 2.30. The zero-order chi connectivity index (χ0) is 13.9. The van der Waals surface area contributed by atoms with E-state index in [0.29, 0.717) is 5.56 Å². The molecule has 4 heteroatoms. The number of hydrogen-bond acceptors (Lipinski definition) is 2. The van der Waals surface area contributed by atoms with E-state index < -0.39 is 0 Å². The Hall–Kier alpha value is -1.42. The highest BCUT2D eigenvalue weighted by molar-refractivity contribution is 5.79. The van der Waals surface area contributed by atoms with Gasteiger partial charge in [-0.1, -0.05) is 18.2 Å². The van der Waals surface area contributed by atoms with E-state index in [4.69, 9.17) is 0 Å². The third-order valence-corrected chi connectivity index (χ3v) is 4.12. The van der Waals surface area contributed by atoms with Crippen LogP contribution in [0.1, 0.15) is 25.3 Å². The van der Waals surface area contributed by atoms with Gasteiger partial charge in [0, 0.05) is 18.6 Å². The van der Waals surface area contributed by atoms with Crippen molar-refractivity contribution >= 4 is 5.91 Å². The summed E-state index contributed by atoms with van der Waals surface area (Å²) in [7, 11) is 1.96. The van der Waals surface area contributed by atoms with Gasteiger partial charge in [-0.3, -0.25) is 4.79 Å². The number of piperidine rings is 1. The number of likely N-dealkylation sites (tertiary alicyclic amines) is 1. The van der Waals surface area contributed by atoms with Crippen molar-refractivity contribution < 1.29 is 9.18 Å². The molecule has 0 atom stereocenters. The molecule has 1 amide bonds. The SMILES string of the molecule is CNC1(C)CCN(C(=O)Cc2ccccc2F)CC1. The molecule has 2 rings (SSSR count). The van der Waals surface area contributed by atoms with Crippen molar-refractivity contribution in [2.24, 2.45) is 0 Å². The molecule has 0 radical (unpaired) electrons. The first-order chi connectivity index (χ1) is 9.04. The van der Waals surface area contributed by atoms with Crippen molar-refractivity contribution in [1.82, 2.24) is 10.2 Å². The molecule has 0 bridgehead atoms. The lowest BCUT2D eigenvalue weighted by molar-refractivity contribution is -0.132. The zero-order valence-electron chi connectivity index (χ0n) is 11.6. The Morgan fingerprint density at radius 1 is 1.37 bits per heavy atom. The molecule has 19 heavy (non-hydrogen) atoms. The smallest absolute Gasteiger partial charge is 0.227 e. The average molecular weight is 264 g/mol. The molecule has 1 fully saturated rings. The van der Waals surface area contributed by atoms with Crippen LogP contribution in [-0.2, 0) is 11.2 Å². The van der Waals surface area contributed by atoms with E-state index in [-0.39, 0.29) is 23.7 Å². The first-order valence-corrected chi connectivity index (χ1v) is 6.74. The van der Waals surface area contributed by atoms with E-state index >= 15 is 0 Å². The second kappa shape index (κ2) is 5.70. The summed E-state index contributed by atoms with van der Waals surface area (Å²) in [5.41, 5.74) is 0.601. The van der Waals surface area contributed by atoms with Gasteiger partial charge in [-0.25, -0.2) is 4.39 Å². The highest BCUT2D eigenvalue weighted by atomic mass is 19.1. The summed E-state index contributed by atoms with van der Waals surface area (Å²) in [5.74, 6) is -0.281. The van der Waals surface area contributed by atoms with Gasteiger partial charge < -0.3 is 10.2 Å². The van der Waals surface area contributed by atoms with Gasteiger partial charge in [0.05, 0.1) is 6.42 Å². The number of amides is 1. The number of carbonyl (C=O) groups is 1. The second-order valence-electron chi connectivity index (χ2n) is 5.46. The van der Waals surface area contributed by atoms with Crippen molar-refractivity contribution in [2.75, 3.05) is 20.1 Å². The number of benzene rings is 1. The fourth-order valence-electron chi connectivity index (χ4n) is 2.42. The molecule has 1 N–H and O–H groups in total. The van der Waals surface area contributed by atoms with Crippen LogP contribution in [-0.4, -0.2) is 36.5 Å². The Morgan fingerprint density at radius 2 is 2.00 bits per heavy atom. The topological polar surface area (TPSA) is 32.3 Å². The minimum atomic E-state index is -0.298. The number of nitrogens with one attached hydrogen (secondary N) is 1. The number of nitrogens with zero attached hydrogens (tertiary/aromatic N) is 1. The molecule has 1 aromatic carbocycles. The third kappa shape index (κ3) is 3.32. The molecule has 0 aromatic heterocycles. The van der Waals surface area contributed by atoms with Gasteiger partial charge in [-0.2, -0.15) is 0 Å². The number of rotatable bonds is 3. The molecule has 0 unspecified atom stereocenters. The van der Waals surface area contributed by atoms with Crippen molar-refractivity contribution in [3.8, 4) is 0 Å². The molecule has 1 heterocycles. The van der Waals surface area contributed by atoms with E-state index in [1.807, 2.05) is 11.9 Å². The molecule has 104 valence electrons. The van der Waals surface area contributed by atoms with Gasteiger partial charge in [0.2, 0.25) is 5.91 Å². The normalized spacial score (nSPS) is 18.4. The minimum absolute atomic E-state index is 0.0169. The summed E-state index contributed by atoms with van der Waals surface area (Å²) < 4.78 is 13.5. The van der Waals surface area contributed by atoms with Crippen LogP contribution in [0, 0.1) is 5.82 Å². The molecule has 1 aliphatic heterocycles. The predicted octanol–water partition coefficient (Wildman–Crippen LogP) is 1.97. The van der Waals surface area contributed by atoms with Gasteiger partial charge in [-0.05, 0) is 38.4 Å². The van der Waals surface area contributed by atoms with E-state index in [2.05, 4.69) is 12.2 Å². The summed E-state index contributed by atoms with van der Waals surface area (Å²) in [4.78, 5) is 14.0. The van der Waals surface area contributed by atoms with E-state index in [9.17, 15) is 9.18 Å². The van der Waals surface area contributed by atoms with E-state index in [0.717, 1.165) is 25.9 Å². The van der Waals surface area contributed by atoms with E-state index in [1.54, 1.807) is 18.2 Å². The molecule has 1 aromatic rings. The van der Waals surface area contributed by atoms with Gasteiger partial charge in [-0.15, -0.1) is 0 Å². The van der Waals surface area contributed by atoms with Crippen LogP contribution < -0.4 is 5.32 Å². The Bertz CT molecular complexity index is 453. The maximum atomic E-state index is 13.5. The standard InChI is InChI=1S/C15H21FN2O/c1-15(17-2)7-9-18(10-8-15)14(19)11-12-5-3-4-6-13(12)16/h3-6,17H,7-11H2,1-2H3. The van der Waals surface area contributed by atoms with Crippen LogP contribution >= 0.6 is 0 Å². The Labute approximate surface area is 113 Å². The van der Waals surface area contributed by atoms with Gasteiger partial charge >= 0.3 is 0 Å². The van der Waals surface area contributed by atoms with Crippen LogP contribution in [0.4, 0.5) is 4.39 Å². The molecule has 0 aliphatic carbocycles. The summed E-state index contributed by atoms with van der Waals surface area (Å²) >= 11 is 0. The quantitative estimate of drug-likeness (QED) is 0.905. The Kier molecular flexibility index (Phi) is 4.20. The molecular formula is C15H21FN2O. The van der Waals surface area contributed by atoms with Crippen LogP contribution in [0.5, 0.6) is 0 Å². The number of hydrogen-bond donors (Lipinski definition) is 1. The average Bonchev–Trinajstić information content (AvgIpc) is 2.42. The largest absolute Gasteiger partial charge is 0.342 e. The number of halogens is 1. The molecular weight excluding hydrogens is 243 g/mol.